The Morgan fingerprint density at radius 1 is 1.38 bits per heavy atom. The smallest absolute Gasteiger partial charge is 0.0718 e. The van der Waals surface area contributed by atoms with Gasteiger partial charge >= 0.3 is 0 Å². The first-order valence-corrected chi connectivity index (χ1v) is 5.77. The van der Waals surface area contributed by atoms with Crippen LogP contribution in [0.3, 0.4) is 0 Å². The van der Waals surface area contributed by atoms with Crippen molar-refractivity contribution in [3.63, 3.8) is 0 Å². The van der Waals surface area contributed by atoms with E-state index in [1.807, 2.05) is 33.0 Å². The monoisotopic (exact) mass is 222 g/mol. The van der Waals surface area contributed by atoms with Crippen molar-refractivity contribution in [1.29, 1.82) is 0 Å². The Bertz CT molecular complexity index is 314. The zero-order valence-corrected chi connectivity index (χ0v) is 10.7. The van der Waals surface area contributed by atoms with Gasteiger partial charge in [-0.3, -0.25) is 9.88 Å². The summed E-state index contributed by atoms with van der Waals surface area (Å²) in [5.41, 5.74) is 1.58. The second-order valence-corrected chi connectivity index (χ2v) is 4.94. The van der Waals surface area contributed by atoms with E-state index in [1.165, 1.54) is 5.56 Å². The lowest BCUT2D eigenvalue weighted by atomic mass is 10.1. The molecule has 0 bridgehead atoms. The molecule has 0 saturated heterocycles. The zero-order chi connectivity index (χ0) is 12.2. The predicted octanol–water partition coefficient (Wildman–Crippen LogP) is 1.98. The van der Waals surface area contributed by atoms with Crippen molar-refractivity contribution >= 4 is 0 Å². The van der Waals surface area contributed by atoms with Crippen LogP contribution in [0.15, 0.2) is 18.3 Å². The van der Waals surface area contributed by atoms with Gasteiger partial charge in [-0.1, -0.05) is 13.0 Å². The van der Waals surface area contributed by atoms with Gasteiger partial charge in [0.05, 0.1) is 11.3 Å². The fourth-order valence-corrected chi connectivity index (χ4v) is 1.65. The van der Waals surface area contributed by atoms with E-state index < -0.39 is 5.60 Å². The highest BCUT2D eigenvalue weighted by atomic mass is 16.3. The molecule has 16 heavy (non-hydrogen) atoms. The molecule has 0 atom stereocenters. The van der Waals surface area contributed by atoms with Crippen LogP contribution in [0.25, 0.3) is 0 Å². The number of nitrogens with zero attached hydrogens (tertiary/aromatic N) is 2. The molecular weight excluding hydrogens is 200 g/mol. The van der Waals surface area contributed by atoms with Gasteiger partial charge in [-0.15, -0.1) is 0 Å². The van der Waals surface area contributed by atoms with E-state index in [0.29, 0.717) is 6.54 Å². The van der Waals surface area contributed by atoms with Crippen LogP contribution in [0.1, 0.15) is 32.0 Å². The van der Waals surface area contributed by atoms with Crippen LogP contribution >= 0.6 is 0 Å². The molecule has 0 aliphatic carbocycles. The molecular formula is C13H22N2O. The van der Waals surface area contributed by atoms with Gasteiger partial charge < -0.3 is 5.11 Å². The molecule has 1 rings (SSSR count). The van der Waals surface area contributed by atoms with Crippen molar-refractivity contribution < 1.29 is 5.11 Å². The van der Waals surface area contributed by atoms with Gasteiger partial charge in [-0.25, -0.2) is 0 Å². The maximum absolute atomic E-state index is 9.78. The Morgan fingerprint density at radius 3 is 2.50 bits per heavy atom. The highest BCUT2D eigenvalue weighted by Gasteiger charge is 2.17. The molecule has 1 aromatic rings. The summed E-state index contributed by atoms with van der Waals surface area (Å²) in [6.45, 7) is 10.2. The molecule has 1 aromatic heterocycles. The molecule has 0 radical (unpaired) electrons. The van der Waals surface area contributed by atoms with Crippen LogP contribution in [-0.2, 0) is 6.54 Å². The maximum Gasteiger partial charge on any atom is 0.0718 e. The molecule has 0 aliphatic heterocycles. The first-order valence-electron chi connectivity index (χ1n) is 5.77. The van der Waals surface area contributed by atoms with E-state index in [-0.39, 0.29) is 0 Å². The molecule has 0 spiro atoms. The van der Waals surface area contributed by atoms with Gasteiger partial charge in [0.15, 0.2) is 0 Å². The van der Waals surface area contributed by atoms with E-state index >= 15 is 0 Å². The first kappa shape index (κ1) is 13.1. The lowest BCUT2D eigenvalue weighted by molar-refractivity contribution is 0.0350. The second kappa shape index (κ2) is 5.41. The predicted molar refractivity (Wildman–Crippen MR) is 66.2 cm³/mol. The van der Waals surface area contributed by atoms with Crippen LogP contribution in [0.4, 0.5) is 0 Å². The second-order valence-electron chi connectivity index (χ2n) is 4.94. The molecule has 0 saturated carbocycles. The third kappa shape index (κ3) is 4.73. The fourth-order valence-electron chi connectivity index (χ4n) is 1.65. The van der Waals surface area contributed by atoms with Gasteiger partial charge in [0.2, 0.25) is 0 Å². The van der Waals surface area contributed by atoms with Crippen molar-refractivity contribution in [2.75, 3.05) is 13.1 Å². The van der Waals surface area contributed by atoms with Crippen molar-refractivity contribution in [1.82, 2.24) is 9.88 Å². The minimum absolute atomic E-state index is 0.652. The van der Waals surface area contributed by atoms with Gasteiger partial charge in [0.1, 0.15) is 0 Å². The van der Waals surface area contributed by atoms with Gasteiger partial charge in [0.25, 0.3) is 0 Å². The number of aryl methyl sites for hydroxylation is 1. The van der Waals surface area contributed by atoms with Crippen LogP contribution in [0.2, 0.25) is 0 Å². The number of pyridine rings is 1. The summed E-state index contributed by atoms with van der Waals surface area (Å²) in [6.07, 6.45) is 1.88. The SMILES string of the molecule is CCN(Cc1ccc(C)cn1)CC(C)(C)O. The lowest BCUT2D eigenvalue weighted by Crippen LogP contribution is -2.38. The number of aromatic nitrogens is 1. The van der Waals surface area contributed by atoms with Crippen molar-refractivity contribution in [2.24, 2.45) is 0 Å². The van der Waals surface area contributed by atoms with E-state index in [2.05, 4.69) is 22.9 Å². The summed E-state index contributed by atoms with van der Waals surface area (Å²) >= 11 is 0. The summed E-state index contributed by atoms with van der Waals surface area (Å²) in [5.74, 6) is 0. The summed E-state index contributed by atoms with van der Waals surface area (Å²) in [6, 6.07) is 4.11. The quantitative estimate of drug-likeness (QED) is 0.827. The number of aliphatic hydroxyl groups is 1. The molecule has 0 fully saturated rings. The first-order chi connectivity index (χ1) is 7.40. The zero-order valence-electron chi connectivity index (χ0n) is 10.7. The van der Waals surface area contributed by atoms with E-state index in [4.69, 9.17) is 0 Å². The van der Waals surface area contributed by atoms with Gasteiger partial charge in [0, 0.05) is 19.3 Å². The minimum Gasteiger partial charge on any atom is -0.389 e. The van der Waals surface area contributed by atoms with E-state index in [1.54, 1.807) is 0 Å². The van der Waals surface area contributed by atoms with Crippen molar-refractivity contribution in [3.05, 3.63) is 29.6 Å². The molecule has 0 amide bonds. The molecule has 90 valence electrons. The molecule has 3 nitrogen and oxygen atoms in total. The fraction of sp³-hybridized carbons (Fsp3) is 0.615. The van der Waals surface area contributed by atoms with Crippen LogP contribution < -0.4 is 0 Å². The summed E-state index contributed by atoms with van der Waals surface area (Å²) < 4.78 is 0. The Hall–Kier alpha value is -0.930. The highest BCUT2D eigenvalue weighted by Crippen LogP contribution is 2.08. The number of hydrogen-bond acceptors (Lipinski definition) is 3. The maximum atomic E-state index is 9.78. The third-order valence-electron chi connectivity index (χ3n) is 2.42. The molecule has 0 aliphatic rings. The normalized spacial score (nSPS) is 12.1. The van der Waals surface area contributed by atoms with E-state index in [0.717, 1.165) is 18.8 Å². The Kier molecular flexibility index (Phi) is 4.44. The Labute approximate surface area is 98.1 Å². The summed E-state index contributed by atoms with van der Waals surface area (Å²) in [5, 5.41) is 9.78. The molecule has 0 aromatic carbocycles. The number of rotatable bonds is 5. The number of hydrogen-bond donors (Lipinski definition) is 1. The minimum atomic E-state index is -0.652. The Balaban J connectivity index is 2.60. The van der Waals surface area contributed by atoms with Crippen LogP contribution in [0.5, 0.6) is 0 Å². The Morgan fingerprint density at radius 2 is 2.06 bits per heavy atom. The average molecular weight is 222 g/mol. The van der Waals surface area contributed by atoms with Crippen LogP contribution in [0, 0.1) is 6.92 Å². The largest absolute Gasteiger partial charge is 0.389 e. The number of likely N-dealkylation sites (N-methyl/N-ethyl adjacent to an activating group) is 1. The summed E-state index contributed by atoms with van der Waals surface area (Å²) in [7, 11) is 0. The van der Waals surface area contributed by atoms with Crippen LogP contribution in [-0.4, -0.2) is 33.7 Å². The highest BCUT2D eigenvalue weighted by molar-refractivity contribution is 5.12. The van der Waals surface area contributed by atoms with Crippen molar-refractivity contribution in [3.8, 4) is 0 Å². The molecule has 0 unspecified atom stereocenters. The lowest BCUT2D eigenvalue weighted by Gasteiger charge is -2.27. The summed E-state index contributed by atoms with van der Waals surface area (Å²) in [4.78, 5) is 6.56. The third-order valence-corrected chi connectivity index (χ3v) is 2.42. The topological polar surface area (TPSA) is 36.4 Å². The van der Waals surface area contributed by atoms with Crippen molar-refractivity contribution in [2.45, 2.75) is 39.8 Å². The van der Waals surface area contributed by atoms with Gasteiger partial charge in [-0.2, -0.15) is 0 Å². The molecule has 3 heteroatoms. The van der Waals surface area contributed by atoms with E-state index in [9.17, 15) is 5.11 Å². The standard InChI is InChI=1S/C13H22N2O/c1-5-15(10-13(3,4)16)9-12-7-6-11(2)8-14-12/h6-8,16H,5,9-10H2,1-4H3. The van der Waals surface area contributed by atoms with Gasteiger partial charge in [-0.05, 0) is 38.9 Å². The molecule has 1 N–H and O–H groups in total. The molecule has 1 heterocycles. The average Bonchev–Trinajstić information content (AvgIpc) is 2.18.